The molecule has 0 aromatic carbocycles. The average molecular weight is 243 g/mol. The second-order valence-electron chi connectivity index (χ2n) is 3.08. The van der Waals surface area contributed by atoms with E-state index in [2.05, 4.69) is 14.5 Å². The van der Waals surface area contributed by atoms with Gasteiger partial charge in [0.2, 0.25) is 0 Å². The molecular weight excluding hydrogens is 230 g/mol. The maximum absolute atomic E-state index is 11.5. The van der Waals surface area contributed by atoms with Crippen LogP contribution >= 0.6 is 11.5 Å². The molecule has 0 aliphatic carbocycles. The molecule has 0 aliphatic rings. The van der Waals surface area contributed by atoms with Crippen molar-refractivity contribution >= 4 is 23.3 Å². The highest BCUT2D eigenvalue weighted by atomic mass is 32.1. The third-order valence-electron chi connectivity index (χ3n) is 1.89. The molecule has 0 spiro atoms. The zero-order valence-corrected chi connectivity index (χ0v) is 10.1. The molecular formula is C9H13N3O3S. The number of hydrogen-bond donors (Lipinski definition) is 1. The van der Waals surface area contributed by atoms with Crippen molar-refractivity contribution in [2.75, 3.05) is 20.7 Å². The van der Waals surface area contributed by atoms with Crippen LogP contribution in [-0.4, -0.2) is 42.0 Å². The summed E-state index contributed by atoms with van der Waals surface area (Å²) in [4.78, 5) is 28.4. The van der Waals surface area contributed by atoms with Crippen LogP contribution in [0.25, 0.3) is 0 Å². The average Bonchev–Trinajstić information content (AvgIpc) is 2.71. The van der Waals surface area contributed by atoms with Crippen LogP contribution < -0.4 is 5.32 Å². The zero-order valence-electron chi connectivity index (χ0n) is 9.31. The summed E-state index contributed by atoms with van der Waals surface area (Å²) in [5.74, 6) is -0.690. The third-order valence-corrected chi connectivity index (χ3v) is 2.58. The van der Waals surface area contributed by atoms with E-state index in [0.29, 0.717) is 5.69 Å². The lowest BCUT2D eigenvalue weighted by Crippen LogP contribution is -2.37. The van der Waals surface area contributed by atoms with E-state index < -0.39 is 0 Å². The summed E-state index contributed by atoms with van der Waals surface area (Å²) in [6.07, 6.45) is 0. The first kappa shape index (κ1) is 12.6. The molecule has 1 aromatic heterocycles. The van der Waals surface area contributed by atoms with Gasteiger partial charge in [-0.2, -0.15) is 4.37 Å². The third kappa shape index (κ3) is 3.28. The lowest BCUT2D eigenvalue weighted by atomic mass is 10.3. The first-order chi connectivity index (χ1) is 7.54. The molecule has 88 valence electrons. The highest BCUT2D eigenvalue weighted by molar-refractivity contribution is 7.05. The van der Waals surface area contributed by atoms with Crippen molar-refractivity contribution in [3.63, 3.8) is 0 Å². The number of carbonyl (C=O) groups excluding carboxylic acids is 2. The Labute approximate surface area is 97.3 Å². The van der Waals surface area contributed by atoms with Gasteiger partial charge in [0.25, 0.3) is 11.8 Å². The van der Waals surface area contributed by atoms with E-state index in [1.807, 2.05) is 6.92 Å². The van der Waals surface area contributed by atoms with Crippen LogP contribution in [-0.2, 0) is 9.63 Å². The van der Waals surface area contributed by atoms with Crippen LogP contribution in [0.15, 0.2) is 6.07 Å². The van der Waals surface area contributed by atoms with Crippen LogP contribution in [0, 0.1) is 6.92 Å². The topological polar surface area (TPSA) is 71.5 Å². The molecule has 1 N–H and O–H groups in total. The van der Waals surface area contributed by atoms with Gasteiger partial charge in [-0.05, 0) is 24.5 Å². The summed E-state index contributed by atoms with van der Waals surface area (Å²) in [6, 6.07) is 1.67. The zero-order chi connectivity index (χ0) is 12.1. The van der Waals surface area contributed by atoms with Gasteiger partial charge in [0.15, 0.2) is 0 Å². The van der Waals surface area contributed by atoms with Crippen molar-refractivity contribution in [2.24, 2.45) is 0 Å². The first-order valence-electron chi connectivity index (χ1n) is 4.56. The summed E-state index contributed by atoms with van der Waals surface area (Å²) >= 11 is 1.25. The van der Waals surface area contributed by atoms with Crippen LogP contribution in [0.3, 0.4) is 0 Å². The highest BCUT2D eigenvalue weighted by Crippen LogP contribution is 2.07. The van der Waals surface area contributed by atoms with Crippen molar-refractivity contribution < 1.29 is 14.4 Å². The Kier molecular flexibility index (Phi) is 4.39. The summed E-state index contributed by atoms with van der Waals surface area (Å²) in [5.41, 5.74) is 0.329. The van der Waals surface area contributed by atoms with Crippen LogP contribution in [0.1, 0.15) is 15.4 Å². The number of rotatable bonds is 4. The van der Waals surface area contributed by atoms with Crippen LogP contribution in [0.5, 0.6) is 0 Å². The number of nitrogens with zero attached hydrogens (tertiary/aromatic N) is 2. The molecule has 0 unspecified atom stereocenters. The molecule has 0 aliphatic heterocycles. The predicted octanol–water partition coefficient (Wildman–Crippen LogP) is 0.201. The number of carbonyl (C=O) groups is 2. The van der Waals surface area contributed by atoms with Gasteiger partial charge in [0.05, 0.1) is 13.7 Å². The van der Waals surface area contributed by atoms with Crippen molar-refractivity contribution in [2.45, 2.75) is 6.92 Å². The number of hydroxylamine groups is 2. The van der Waals surface area contributed by atoms with E-state index in [1.165, 1.54) is 25.7 Å². The number of nitrogens with one attached hydrogen (secondary N) is 1. The summed E-state index contributed by atoms with van der Waals surface area (Å²) in [5, 5.41) is 3.51. The molecule has 0 atom stereocenters. The van der Waals surface area contributed by atoms with E-state index in [4.69, 9.17) is 0 Å². The first-order valence-corrected chi connectivity index (χ1v) is 5.34. The Morgan fingerprint density at radius 2 is 2.31 bits per heavy atom. The molecule has 0 saturated heterocycles. The second-order valence-corrected chi connectivity index (χ2v) is 4.09. The van der Waals surface area contributed by atoms with Gasteiger partial charge >= 0.3 is 0 Å². The standard InChI is InChI=1S/C9H13N3O3S/c1-6-4-7(11-16-6)9(14)10-5-8(13)12(2)15-3/h4H,5H2,1-3H3,(H,10,14). The van der Waals surface area contributed by atoms with E-state index in [1.54, 1.807) is 6.07 Å². The normalized spacial score (nSPS) is 9.94. The predicted molar refractivity (Wildman–Crippen MR) is 59.0 cm³/mol. The summed E-state index contributed by atoms with van der Waals surface area (Å²) < 4.78 is 3.93. The molecule has 0 bridgehead atoms. The Balaban J connectivity index is 2.44. The van der Waals surface area contributed by atoms with E-state index in [9.17, 15) is 9.59 Å². The van der Waals surface area contributed by atoms with Gasteiger partial charge < -0.3 is 5.32 Å². The minimum Gasteiger partial charge on any atom is -0.342 e. The Morgan fingerprint density at radius 3 is 2.81 bits per heavy atom. The highest BCUT2D eigenvalue weighted by Gasteiger charge is 2.13. The number of aromatic nitrogens is 1. The molecule has 1 rings (SSSR count). The Hall–Kier alpha value is -1.47. The van der Waals surface area contributed by atoms with E-state index in [0.717, 1.165) is 9.94 Å². The molecule has 1 heterocycles. The number of aryl methyl sites for hydroxylation is 1. The maximum Gasteiger partial charge on any atom is 0.271 e. The van der Waals surface area contributed by atoms with Gasteiger partial charge in [-0.3, -0.25) is 14.4 Å². The van der Waals surface area contributed by atoms with Crippen LogP contribution in [0.2, 0.25) is 0 Å². The largest absolute Gasteiger partial charge is 0.342 e. The lowest BCUT2D eigenvalue weighted by Gasteiger charge is -2.13. The van der Waals surface area contributed by atoms with Crippen molar-refractivity contribution in [1.82, 2.24) is 14.8 Å². The monoisotopic (exact) mass is 243 g/mol. The molecule has 0 radical (unpaired) electrons. The molecule has 0 fully saturated rings. The van der Waals surface area contributed by atoms with Crippen molar-refractivity contribution in [3.8, 4) is 0 Å². The quantitative estimate of drug-likeness (QED) is 0.767. The summed E-state index contributed by atoms with van der Waals surface area (Å²) in [6.45, 7) is 1.75. The van der Waals surface area contributed by atoms with E-state index in [-0.39, 0.29) is 18.4 Å². The minimum atomic E-state index is -0.359. The van der Waals surface area contributed by atoms with Crippen molar-refractivity contribution in [1.29, 1.82) is 0 Å². The molecule has 7 heteroatoms. The van der Waals surface area contributed by atoms with Gasteiger partial charge in [-0.1, -0.05) is 0 Å². The van der Waals surface area contributed by atoms with Gasteiger partial charge in [-0.15, -0.1) is 0 Å². The number of amides is 2. The fourth-order valence-corrected chi connectivity index (χ4v) is 1.48. The van der Waals surface area contributed by atoms with Gasteiger partial charge in [0.1, 0.15) is 5.69 Å². The maximum atomic E-state index is 11.5. The Bertz CT molecular complexity index is 391. The minimum absolute atomic E-state index is 0.111. The molecule has 16 heavy (non-hydrogen) atoms. The van der Waals surface area contributed by atoms with Crippen molar-refractivity contribution in [3.05, 3.63) is 16.6 Å². The molecule has 2 amide bonds. The van der Waals surface area contributed by atoms with E-state index >= 15 is 0 Å². The smallest absolute Gasteiger partial charge is 0.271 e. The fraction of sp³-hybridized carbons (Fsp3) is 0.444. The summed E-state index contributed by atoms with van der Waals surface area (Å²) in [7, 11) is 2.85. The number of hydrogen-bond acceptors (Lipinski definition) is 5. The fourth-order valence-electron chi connectivity index (χ4n) is 0.933. The molecule has 6 nitrogen and oxygen atoms in total. The SMILES string of the molecule is CON(C)C(=O)CNC(=O)c1cc(C)sn1. The number of likely N-dealkylation sites (N-methyl/N-ethyl adjacent to an activating group) is 1. The second kappa shape index (κ2) is 5.57. The van der Waals surface area contributed by atoms with Gasteiger partial charge in [0, 0.05) is 11.9 Å². The molecule has 1 aromatic rings. The molecule has 0 saturated carbocycles. The van der Waals surface area contributed by atoms with Crippen LogP contribution in [0.4, 0.5) is 0 Å². The van der Waals surface area contributed by atoms with Gasteiger partial charge in [-0.25, -0.2) is 5.06 Å². The lowest BCUT2D eigenvalue weighted by molar-refractivity contribution is -0.167. The Morgan fingerprint density at radius 1 is 1.62 bits per heavy atom.